The van der Waals surface area contributed by atoms with E-state index in [1.165, 1.54) is 70.2 Å². The SMILES string of the molecule is CCOC(=O)c1cc2c(cc1OC)C(C(C)(C)C)C(C(C)C)CC2.COc1cc2c(cc1-c1nn[nH]n1)CCC(C(C)C)C2C(C)C.COc1cc2c(cc1-n1cnc3ccccc31)CCC(C(C)C)C2C(C)(C)C.[C-]#[N+]c1cc2c(cc1OC)C(C(C)(C)C)C(C(C)C)CC2. The number of methoxy groups -OCH3 is 4. The first kappa shape index (κ1) is 74.6. The molecule has 0 fully saturated rings. The highest BCUT2D eigenvalue weighted by Crippen LogP contribution is 2.55. The van der Waals surface area contributed by atoms with E-state index in [1.54, 1.807) is 28.4 Å². The van der Waals surface area contributed by atoms with Crippen molar-refractivity contribution in [1.29, 1.82) is 0 Å². The van der Waals surface area contributed by atoms with E-state index in [2.05, 4.69) is 227 Å². The molecule has 96 heavy (non-hydrogen) atoms. The van der Waals surface area contributed by atoms with Gasteiger partial charge in [0.25, 0.3) is 0 Å². The Morgan fingerprint density at radius 2 is 1.01 bits per heavy atom. The van der Waals surface area contributed by atoms with Crippen molar-refractivity contribution in [2.24, 2.45) is 69.5 Å². The van der Waals surface area contributed by atoms with Gasteiger partial charge in [0.2, 0.25) is 11.5 Å². The largest absolute Gasteiger partial charge is 0.508 e. The van der Waals surface area contributed by atoms with Crippen LogP contribution < -0.4 is 18.9 Å². The summed E-state index contributed by atoms with van der Waals surface area (Å²) in [6.45, 7) is 54.0. The highest BCUT2D eigenvalue weighted by atomic mass is 16.5. The summed E-state index contributed by atoms with van der Waals surface area (Å²) in [4.78, 5) is 20.5. The van der Waals surface area contributed by atoms with E-state index in [4.69, 9.17) is 30.3 Å². The summed E-state index contributed by atoms with van der Waals surface area (Å²) in [6, 6.07) is 25.6. The summed E-state index contributed by atoms with van der Waals surface area (Å²) in [7, 11) is 6.77. The number of nitrogens with one attached hydrogen (secondary N) is 1. The molecule has 0 aliphatic heterocycles. The predicted molar refractivity (Wildman–Crippen MR) is 393 cm³/mol. The number of benzene rings is 5. The summed E-state index contributed by atoms with van der Waals surface area (Å²) < 4.78 is 29.9. The molecule has 1 N–H and O–H groups in total. The van der Waals surface area contributed by atoms with Gasteiger partial charge in [-0.25, -0.2) is 14.6 Å². The lowest BCUT2D eigenvalue weighted by molar-refractivity contribution is 0.0522. The Kier molecular flexibility index (Phi) is 24.2. The number of tetrazole rings is 1. The molecule has 8 atom stereocenters. The van der Waals surface area contributed by atoms with E-state index in [9.17, 15) is 4.79 Å². The number of carbonyl (C=O) groups is 1. The topological polar surface area (TPSA) is 140 Å². The number of carbonyl (C=O) groups excluding carboxylic acids is 1. The van der Waals surface area contributed by atoms with E-state index in [1.807, 2.05) is 25.4 Å². The summed E-state index contributed by atoms with van der Waals surface area (Å²) in [6.07, 6.45) is 11.1. The van der Waals surface area contributed by atoms with Gasteiger partial charge in [0, 0.05) is 0 Å². The van der Waals surface area contributed by atoms with Crippen molar-refractivity contribution in [3.8, 4) is 40.1 Å². The lowest BCUT2D eigenvalue weighted by Gasteiger charge is -2.44. The molecular weight excluding hydrogens is 1190 g/mol. The van der Waals surface area contributed by atoms with E-state index in [-0.39, 0.29) is 22.2 Å². The molecule has 8 unspecified atom stereocenters. The molecule has 0 radical (unpaired) electrons. The smallest absolute Gasteiger partial charge is 0.341 e. The first-order chi connectivity index (χ1) is 45.3. The van der Waals surface area contributed by atoms with Crippen LogP contribution in [0.1, 0.15) is 243 Å². The second-order valence-corrected chi connectivity index (χ2v) is 32.7. The van der Waals surface area contributed by atoms with E-state index < -0.39 is 0 Å². The van der Waals surface area contributed by atoms with Crippen LogP contribution in [0.25, 0.3) is 33.0 Å². The van der Waals surface area contributed by atoms with Crippen molar-refractivity contribution < 1.29 is 28.5 Å². The third-order valence-corrected chi connectivity index (χ3v) is 21.8. The fourth-order valence-electron chi connectivity index (χ4n) is 17.5. The highest BCUT2D eigenvalue weighted by Gasteiger charge is 2.43. The molecule has 4 aliphatic rings. The predicted octanol–water partition coefficient (Wildman–Crippen LogP) is 21.0. The molecule has 0 amide bonds. The number of esters is 1. The molecule has 0 saturated carbocycles. The minimum absolute atomic E-state index is 0.167. The summed E-state index contributed by atoms with van der Waals surface area (Å²) in [5.74, 6) is 11.6. The van der Waals surface area contributed by atoms with Gasteiger partial charge in [-0.3, -0.25) is 4.57 Å². The van der Waals surface area contributed by atoms with Crippen molar-refractivity contribution in [3.05, 3.63) is 141 Å². The van der Waals surface area contributed by atoms with Crippen molar-refractivity contribution >= 4 is 22.7 Å². The third kappa shape index (κ3) is 16.2. The Balaban J connectivity index is 0.000000165. The number of fused-ring (bicyclic) bond motifs is 5. The van der Waals surface area contributed by atoms with Crippen LogP contribution in [0.5, 0.6) is 23.0 Å². The van der Waals surface area contributed by atoms with Crippen LogP contribution in [0.2, 0.25) is 0 Å². The second kappa shape index (κ2) is 31.1. The maximum atomic E-state index is 12.3. The molecule has 2 aromatic heterocycles. The van der Waals surface area contributed by atoms with Crippen LogP contribution in [-0.2, 0) is 30.4 Å². The first-order valence-corrected chi connectivity index (χ1v) is 35.9. The zero-order chi connectivity index (χ0) is 70.5. The molecule has 2 heterocycles. The number of aromatic amines is 1. The van der Waals surface area contributed by atoms with E-state index in [0.29, 0.717) is 100 Å². The average molecular weight is 1310 g/mol. The normalized spacial score (nSPS) is 20.7. The summed E-state index contributed by atoms with van der Waals surface area (Å²) in [5, 5.41) is 14.4. The minimum Gasteiger partial charge on any atom is -0.508 e. The average Bonchev–Trinajstić information content (AvgIpc) is 1.01. The Labute approximate surface area is 577 Å². The van der Waals surface area contributed by atoms with Crippen LogP contribution >= 0.6 is 0 Å². The number of H-pyrrole nitrogens is 1. The molecule has 0 bridgehead atoms. The number of aromatic nitrogens is 6. The Hall–Kier alpha value is -7.20. The van der Waals surface area contributed by atoms with Crippen LogP contribution in [0, 0.1) is 76.1 Å². The maximum Gasteiger partial charge on any atom is 0.341 e. The van der Waals surface area contributed by atoms with Crippen molar-refractivity contribution in [3.63, 3.8) is 0 Å². The summed E-state index contributed by atoms with van der Waals surface area (Å²) in [5.41, 5.74) is 17.1. The number of ether oxygens (including phenoxy) is 5. The van der Waals surface area contributed by atoms with Crippen LogP contribution in [-0.4, -0.2) is 71.2 Å². The Morgan fingerprint density at radius 1 is 0.562 bits per heavy atom. The molecule has 11 rings (SSSR count). The van der Waals surface area contributed by atoms with Gasteiger partial charge in [-0.1, -0.05) is 149 Å². The fourth-order valence-corrected chi connectivity index (χ4v) is 17.5. The monoisotopic (exact) mass is 1310 g/mol. The van der Waals surface area contributed by atoms with Gasteiger partial charge in [-0.2, -0.15) is 5.21 Å². The zero-order valence-electron chi connectivity index (χ0n) is 63.0. The number of para-hydroxylation sites is 2. The van der Waals surface area contributed by atoms with Crippen molar-refractivity contribution in [2.45, 2.75) is 214 Å². The lowest BCUT2D eigenvalue weighted by atomic mass is 9.61. The molecule has 7 aromatic rings. The molecule has 0 spiro atoms. The van der Waals surface area contributed by atoms with Gasteiger partial charge in [0.15, 0.2) is 0 Å². The summed E-state index contributed by atoms with van der Waals surface area (Å²) >= 11 is 0. The number of imidazole rings is 1. The maximum absolute atomic E-state index is 12.3. The molecule has 520 valence electrons. The van der Waals surface area contributed by atoms with Gasteiger partial charge < -0.3 is 23.7 Å². The standard InChI is InChI=1S/C25H32N2O.C21H32O3.C19H27NO.C18H26N4O/c1-16(2)18-12-11-17-13-22(27-15-26-20-9-7-8-10-21(20)27)23(28-6)14-19(17)24(18)25(3,4)5;1-8-24-20(22)17-11-14-9-10-15(13(2)3)19(21(4,5)6)16(14)12-18(17)23-7;1-12(2)14-9-8-13-10-16(20-6)17(21-7)11-15(13)18(14)19(3,4)5;1-10(2)13-7-6-12-8-15(18-19-21-22-20-18)16(23-5)9-14(12)17(13)11(3)4/h7-10,13-16,18,24H,11-12H2,1-6H3;11-13,15,19H,8-10H2,1-7H3;10-12,14,18H,8-9H2,1-5,7H3;8-11,13,17H,6-7H2,1-5H3,(H,19,20,21,22). The van der Waals surface area contributed by atoms with Gasteiger partial charge >= 0.3 is 5.97 Å². The second-order valence-electron chi connectivity index (χ2n) is 32.7. The Morgan fingerprint density at radius 3 is 1.46 bits per heavy atom. The molecular formula is C83H117N7O6. The van der Waals surface area contributed by atoms with Crippen molar-refractivity contribution in [2.75, 3.05) is 35.0 Å². The minimum atomic E-state index is -0.296. The Bertz CT molecular complexity index is 3790. The molecule has 5 aromatic carbocycles. The number of rotatable bonds is 13. The highest BCUT2D eigenvalue weighted by molar-refractivity contribution is 5.93. The first-order valence-electron chi connectivity index (χ1n) is 35.9. The van der Waals surface area contributed by atoms with Gasteiger partial charge in [-0.15, -0.1) is 10.2 Å². The molecule has 13 heteroatoms. The zero-order valence-corrected chi connectivity index (χ0v) is 63.0. The third-order valence-electron chi connectivity index (χ3n) is 21.8. The fraction of sp³-hybridized carbons (Fsp3) is 0.590. The number of aryl methyl sites for hydroxylation is 4. The lowest BCUT2D eigenvalue weighted by Crippen LogP contribution is -2.33. The van der Waals surface area contributed by atoms with E-state index in [0.717, 1.165) is 71.1 Å². The van der Waals surface area contributed by atoms with Crippen molar-refractivity contribution in [1.82, 2.24) is 30.2 Å². The van der Waals surface area contributed by atoms with Crippen LogP contribution in [0.3, 0.4) is 0 Å². The molecule has 4 aliphatic carbocycles. The quantitative estimate of drug-likeness (QED) is 0.0876. The number of hydrogen-bond donors (Lipinski definition) is 1. The number of hydrogen-bond acceptors (Lipinski definition) is 10. The van der Waals surface area contributed by atoms with Crippen LogP contribution in [0.4, 0.5) is 5.69 Å². The van der Waals surface area contributed by atoms with Gasteiger partial charge in [0.05, 0.1) is 63.9 Å². The van der Waals surface area contributed by atoms with E-state index >= 15 is 0 Å². The van der Waals surface area contributed by atoms with Gasteiger partial charge in [-0.05, 0) is 256 Å². The van der Waals surface area contributed by atoms with Gasteiger partial charge in [0.1, 0.15) is 34.9 Å². The number of nitrogens with zero attached hydrogens (tertiary/aromatic N) is 6. The molecule has 13 nitrogen and oxygen atoms in total. The van der Waals surface area contributed by atoms with Crippen LogP contribution in [0.15, 0.2) is 79.1 Å². The molecule has 0 saturated heterocycles.